The second-order valence-electron chi connectivity index (χ2n) is 6.33. The molecule has 0 bridgehead atoms. The average Bonchev–Trinajstić information content (AvgIpc) is 2.67. The van der Waals surface area contributed by atoms with Gasteiger partial charge in [-0.05, 0) is 50.5 Å². The summed E-state index contributed by atoms with van der Waals surface area (Å²) in [5.74, 6) is -1.79. The van der Waals surface area contributed by atoms with E-state index in [2.05, 4.69) is 5.32 Å². The molecule has 2 rings (SSSR count). The van der Waals surface area contributed by atoms with E-state index in [1.165, 1.54) is 31.7 Å². The summed E-state index contributed by atoms with van der Waals surface area (Å²) in [5, 5.41) is 2.83. The highest BCUT2D eigenvalue weighted by atomic mass is 19.1. The van der Waals surface area contributed by atoms with E-state index >= 15 is 0 Å². The molecule has 0 radical (unpaired) electrons. The highest BCUT2D eigenvalue weighted by molar-refractivity contribution is 5.92. The predicted octanol–water partition coefficient (Wildman–Crippen LogP) is 3.52. The van der Waals surface area contributed by atoms with Gasteiger partial charge in [0, 0.05) is 6.04 Å². The number of methoxy groups -OCH3 is 1. The number of aryl methyl sites for hydroxylation is 1. The largest absolute Gasteiger partial charge is 0.494 e. The molecule has 2 aromatic rings. The molecule has 2 atom stereocenters. The second kappa shape index (κ2) is 9.71. The highest BCUT2D eigenvalue weighted by Crippen LogP contribution is 2.18. The van der Waals surface area contributed by atoms with Gasteiger partial charge < -0.3 is 14.8 Å². The fraction of sp³-hybridized carbons (Fsp3) is 0.333. The molecule has 144 valence electrons. The zero-order chi connectivity index (χ0) is 19.8. The molecule has 0 spiro atoms. The van der Waals surface area contributed by atoms with E-state index in [1.807, 2.05) is 37.3 Å². The van der Waals surface area contributed by atoms with Crippen molar-refractivity contribution in [2.75, 3.05) is 7.11 Å². The van der Waals surface area contributed by atoms with Crippen molar-refractivity contribution < 1.29 is 23.5 Å². The normalized spacial score (nSPS) is 12.7. The molecule has 0 fully saturated rings. The molecule has 1 N–H and O–H groups in total. The number of hydrogen-bond donors (Lipinski definition) is 1. The van der Waals surface area contributed by atoms with Gasteiger partial charge in [0.2, 0.25) is 0 Å². The Kier molecular flexibility index (Phi) is 7.34. The fourth-order valence-electron chi connectivity index (χ4n) is 2.54. The molecular weight excluding hydrogens is 349 g/mol. The van der Waals surface area contributed by atoms with Crippen LogP contribution in [0.1, 0.15) is 36.2 Å². The first-order valence-corrected chi connectivity index (χ1v) is 8.79. The zero-order valence-corrected chi connectivity index (χ0v) is 15.7. The van der Waals surface area contributed by atoms with Crippen molar-refractivity contribution in [3.8, 4) is 5.75 Å². The minimum absolute atomic E-state index is 0.0186. The van der Waals surface area contributed by atoms with Crippen LogP contribution in [0.2, 0.25) is 0 Å². The van der Waals surface area contributed by atoms with Crippen LogP contribution in [0.5, 0.6) is 5.75 Å². The van der Waals surface area contributed by atoms with Crippen LogP contribution in [0, 0.1) is 5.82 Å². The van der Waals surface area contributed by atoms with Gasteiger partial charge in [0.1, 0.15) is 0 Å². The number of carbonyl (C=O) groups excluding carboxylic acids is 2. The number of halogens is 1. The van der Waals surface area contributed by atoms with Gasteiger partial charge in [-0.15, -0.1) is 0 Å². The van der Waals surface area contributed by atoms with Crippen LogP contribution in [0.3, 0.4) is 0 Å². The van der Waals surface area contributed by atoms with Crippen molar-refractivity contribution in [3.05, 3.63) is 65.5 Å². The number of rotatable bonds is 8. The van der Waals surface area contributed by atoms with Gasteiger partial charge in [-0.3, -0.25) is 4.79 Å². The molecule has 0 saturated heterocycles. The van der Waals surface area contributed by atoms with Crippen molar-refractivity contribution in [3.63, 3.8) is 0 Å². The quantitative estimate of drug-likeness (QED) is 0.719. The second-order valence-corrected chi connectivity index (χ2v) is 6.33. The molecule has 1 amide bonds. The Morgan fingerprint density at radius 2 is 1.81 bits per heavy atom. The summed E-state index contributed by atoms with van der Waals surface area (Å²) in [7, 11) is 1.34. The molecule has 0 aliphatic heterocycles. The van der Waals surface area contributed by atoms with Crippen molar-refractivity contribution in [1.29, 1.82) is 0 Å². The van der Waals surface area contributed by atoms with Crippen LogP contribution < -0.4 is 10.1 Å². The maximum absolute atomic E-state index is 13.7. The Hall–Kier alpha value is -2.89. The summed E-state index contributed by atoms with van der Waals surface area (Å²) in [6.45, 7) is 3.38. The molecule has 0 aromatic heterocycles. The van der Waals surface area contributed by atoms with Gasteiger partial charge in [-0.2, -0.15) is 0 Å². The lowest BCUT2D eigenvalue weighted by atomic mass is 10.1. The van der Waals surface area contributed by atoms with Crippen LogP contribution in [0.25, 0.3) is 0 Å². The highest BCUT2D eigenvalue weighted by Gasteiger charge is 2.21. The Bertz CT molecular complexity index is 779. The van der Waals surface area contributed by atoms with E-state index in [-0.39, 0.29) is 17.4 Å². The topological polar surface area (TPSA) is 64.6 Å². The van der Waals surface area contributed by atoms with E-state index in [1.54, 1.807) is 0 Å². The number of esters is 1. The van der Waals surface area contributed by atoms with E-state index in [9.17, 15) is 14.0 Å². The molecule has 0 saturated carbocycles. The Morgan fingerprint density at radius 1 is 1.11 bits per heavy atom. The van der Waals surface area contributed by atoms with Gasteiger partial charge in [-0.1, -0.05) is 30.3 Å². The SMILES string of the molecule is COc1ccc(C(=O)O[C@@H](C)C(=O)N[C@H](C)CCc2ccccc2)cc1F. The lowest BCUT2D eigenvalue weighted by Crippen LogP contribution is -2.41. The van der Waals surface area contributed by atoms with Crippen molar-refractivity contribution >= 4 is 11.9 Å². The maximum atomic E-state index is 13.7. The van der Waals surface area contributed by atoms with Crippen LogP contribution >= 0.6 is 0 Å². The van der Waals surface area contributed by atoms with Crippen molar-refractivity contribution in [1.82, 2.24) is 5.32 Å². The molecule has 0 aliphatic rings. The van der Waals surface area contributed by atoms with Crippen LogP contribution in [0.15, 0.2) is 48.5 Å². The van der Waals surface area contributed by atoms with Gasteiger partial charge in [-0.25, -0.2) is 9.18 Å². The summed E-state index contributed by atoms with van der Waals surface area (Å²) in [4.78, 5) is 24.3. The summed E-state index contributed by atoms with van der Waals surface area (Å²) in [6, 6.07) is 13.6. The lowest BCUT2D eigenvalue weighted by molar-refractivity contribution is -0.129. The first kappa shape index (κ1) is 20.4. The van der Waals surface area contributed by atoms with Crippen molar-refractivity contribution in [2.45, 2.75) is 38.8 Å². The minimum atomic E-state index is -0.984. The standard InChI is InChI=1S/C21H24FNO4/c1-14(9-10-16-7-5-4-6-8-16)23-20(24)15(2)27-21(25)17-11-12-19(26-3)18(22)13-17/h4-8,11-15H,9-10H2,1-3H3,(H,23,24)/t14-,15+/m1/s1. The number of hydrogen-bond acceptors (Lipinski definition) is 4. The summed E-state index contributed by atoms with van der Waals surface area (Å²) >= 11 is 0. The number of benzene rings is 2. The summed E-state index contributed by atoms with van der Waals surface area (Å²) in [5.41, 5.74) is 1.21. The number of nitrogens with one attached hydrogen (secondary N) is 1. The number of carbonyl (C=O) groups is 2. The van der Waals surface area contributed by atoms with E-state index in [0.717, 1.165) is 18.9 Å². The third-order valence-electron chi connectivity index (χ3n) is 4.14. The first-order valence-electron chi connectivity index (χ1n) is 8.79. The van der Waals surface area contributed by atoms with Gasteiger partial charge in [0.15, 0.2) is 17.7 Å². The fourth-order valence-corrected chi connectivity index (χ4v) is 2.54. The average molecular weight is 373 g/mol. The smallest absolute Gasteiger partial charge is 0.339 e. The summed E-state index contributed by atoms with van der Waals surface area (Å²) in [6.07, 6.45) is 0.614. The van der Waals surface area contributed by atoms with E-state index < -0.39 is 23.8 Å². The zero-order valence-electron chi connectivity index (χ0n) is 15.7. The predicted molar refractivity (Wildman–Crippen MR) is 100 cm³/mol. The molecule has 0 unspecified atom stereocenters. The molecule has 0 heterocycles. The molecule has 27 heavy (non-hydrogen) atoms. The molecule has 5 nitrogen and oxygen atoms in total. The van der Waals surface area contributed by atoms with Crippen molar-refractivity contribution in [2.24, 2.45) is 0 Å². The van der Waals surface area contributed by atoms with Crippen LogP contribution in [-0.2, 0) is 16.0 Å². The Balaban J connectivity index is 1.83. The third-order valence-corrected chi connectivity index (χ3v) is 4.14. The monoisotopic (exact) mass is 373 g/mol. The van der Waals surface area contributed by atoms with Gasteiger partial charge in [0.05, 0.1) is 12.7 Å². The van der Waals surface area contributed by atoms with Gasteiger partial charge in [0.25, 0.3) is 5.91 Å². The lowest BCUT2D eigenvalue weighted by Gasteiger charge is -2.18. The number of amides is 1. The number of ether oxygens (including phenoxy) is 2. The van der Waals surface area contributed by atoms with Gasteiger partial charge >= 0.3 is 5.97 Å². The molecule has 2 aromatic carbocycles. The first-order chi connectivity index (χ1) is 12.9. The van der Waals surface area contributed by atoms with E-state index in [0.29, 0.717) is 0 Å². The van der Waals surface area contributed by atoms with Crippen LogP contribution in [-0.4, -0.2) is 31.1 Å². The van der Waals surface area contributed by atoms with E-state index in [4.69, 9.17) is 9.47 Å². The summed E-state index contributed by atoms with van der Waals surface area (Å²) < 4.78 is 23.6. The third kappa shape index (κ3) is 6.09. The molecular formula is C21H24FNO4. The Morgan fingerprint density at radius 3 is 2.44 bits per heavy atom. The minimum Gasteiger partial charge on any atom is -0.494 e. The van der Waals surface area contributed by atoms with Crippen LogP contribution in [0.4, 0.5) is 4.39 Å². The Labute approximate surface area is 158 Å². The maximum Gasteiger partial charge on any atom is 0.339 e. The molecule has 0 aliphatic carbocycles. The molecule has 6 heteroatoms.